The van der Waals surface area contributed by atoms with Crippen molar-refractivity contribution >= 4 is 36.1 Å². The molecule has 0 radical (unpaired) electrons. The van der Waals surface area contributed by atoms with Gasteiger partial charge in [-0.15, -0.1) is 0 Å². The topological polar surface area (TPSA) is 176 Å². The van der Waals surface area contributed by atoms with E-state index in [9.17, 15) is 29.2 Å². The number of aryl methyl sites for hydroxylation is 1. The summed E-state index contributed by atoms with van der Waals surface area (Å²) in [7, 11) is 0. The van der Waals surface area contributed by atoms with Crippen LogP contribution in [-0.2, 0) is 42.9 Å². The average molecular weight is 574 g/mol. The summed E-state index contributed by atoms with van der Waals surface area (Å²) < 4.78 is 28.8. The van der Waals surface area contributed by atoms with Crippen LogP contribution in [-0.4, -0.2) is 64.5 Å². The lowest BCUT2D eigenvalue weighted by Gasteiger charge is -2.45. The predicted molar refractivity (Wildman–Crippen MR) is 138 cm³/mol. The van der Waals surface area contributed by atoms with Gasteiger partial charge in [0.15, 0.2) is 29.3 Å². The first kappa shape index (κ1) is 30.2. The molecular formula is C26H27N3O10S. The summed E-state index contributed by atoms with van der Waals surface area (Å²) >= 11 is 5.48. The lowest BCUT2D eigenvalue weighted by molar-refractivity contribution is -0.268. The molecule has 13 nitrogen and oxygen atoms in total. The van der Waals surface area contributed by atoms with Gasteiger partial charge in [-0.25, -0.2) is 0 Å². The van der Waals surface area contributed by atoms with E-state index in [0.29, 0.717) is 5.56 Å². The minimum atomic E-state index is -1.51. The van der Waals surface area contributed by atoms with Gasteiger partial charge in [0, 0.05) is 27.7 Å². The average Bonchev–Trinajstić information content (AvgIpc) is 2.85. The summed E-state index contributed by atoms with van der Waals surface area (Å²) in [6.45, 7) is 5.83. The van der Waals surface area contributed by atoms with Gasteiger partial charge < -0.3 is 23.7 Å². The van der Waals surface area contributed by atoms with Crippen LogP contribution in [0.3, 0.4) is 0 Å². The van der Waals surface area contributed by atoms with E-state index in [1.807, 2.05) is 13.0 Å². The summed E-state index contributed by atoms with van der Waals surface area (Å²) in [5.41, 5.74) is 0.212. The highest BCUT2D eigenvalue weighted by atomic mass is 32.1. The van der Waals surface area contributed by atoms with Crippen LogP contribution in [0.1, 0.15) is 45.0 Å². The quantitative estimate of drug-likeness (QED) is 0.290. The number of hydrogen-bond donors (Lipinski definition) is 1. The Bertz CT molecular complexity index is 1470. The molecule has 1 aliphatic heterocycles. The Morgan fingerprint density at radius 3 is 2.02 bits per heavy atom. The van der Waals surface area contributed by atoms with Gasteiger partial charge in [0.2, 0.25) is 0 Å². The predicted octanol–water partition coefficient (Wildman–Crippen LogP) is 2.01. The highest BCUT2D eigenvalue weighted by Crippen LogP contribution is 2.37. The van der Waals surface area contributed by atoms with E-state index in [1.165, 1.54) is 4.57 Å². The van der Waals surface area contributed by atoms with E-state index in [0.717, 1.165) is 33.3 Å². The van der Waals surface area contributed by atoms with Crippen molar-refractivity contribution in [2.24, 2.45) is 0 Å². The van der Waals surface area contributed by atoms with Gasteiger partial charge in [-0.3, -0.25) is 33.5 Å². The van der Waals surface area contributed by atoms with E-state index < -0.39 is 66.7 Å². The number of hydrogen-bond acceptors (Lipinski definition) is 12. The van der Waals surface area contributed by atoms with Crippen molar-refractivity contribution in [3.63, 3.8) is 0 Å². The standard InChI is InChI=1S/C26H27N3O10S/c1-12-6-8-17(9-7-12)20-18(10-27)24(34)28-26(40)29(20)25-23(38-16(5)33)22(37-15(4)32)21(36-14(3)31)19(39-25)11-35-13(2)30/h6-9,19,21-23,25H,11H2,1-5H3,(H,28,34,40)/t19-,21-,22+,23-,25-/m1/s1. The Morgan fingerprint density at radius 1 is 0.950 bits per heavy atom. The molecule has 0 spiro atoms. The van der Waals surface area contributed by atoms with Crippen LogP contribution >= 0.6 is 12.2 Å². The summed E-state index contributed by atoms with van der Waals surface area (Å²) in [6.07, 6.45) is -7.10. The lowest BCUT2D eigenvalue weighted by Crippen LogP contribution is -2.60. The zero-order chi connectivity index (χ0) is 29.7. The molecule has 5 atom stereocenters. The molecule has 40 heavy (non-hydrogen) atoms. The number of H-pyrrole nitrogens is 1. The number of rotatable bonds is 7. The zero-order valence-electron chi connectivity index (χ0n) is 22.3. The van der Waals surface area contributed by atoms with E-state index >= 15 is 0 Å². The summed E-state index contributed by atoms with van der Waals surface area (Å²) in [5, 5.41) is 9.92. The van der Waals surface area contributed by atoms with Gasteiger partial charge in [-0.1, -0.05) is 29.8 Å². The first-order valence-electron chi connectivity index (χ1n) is 12.0. The Hall–Kier alpha value is -4.35. The van der Waals surface area contributed by atoms with Crippen LogP contribution in [0.4, 0.5) is 0 Å². The highest BCUT2D eigenvalue weighted by Gasteiger charge is 2.53. The zero-order valence-corrected chi connectivity index (χ0v) is 23.1. The molecule has 2 heterocycles. The third-order valence-corrected chi connectivity index (χ3v) is 6.10. The Kier molecular flexibility index (Phi) is 9.56. The van der Waals surface area contributed by atoms with Gasteiger partial charge in [0.1, 0.15) is 24.3 Å². The lowest BCUT2D eigenvalue weighted by atomic mass is 9.96. The summed E-state index contributed by atoms with van der Waals surface area (Å²) in [5.74, 6) is -3.09. The number of carbonyl (C=O) groups is 4. The molecule has 0 bridgehead atoms. The molecule has 0 aliphatic carbocycles. The van der Waals surface area contributed by atoms with Crippen LogP contribution in [0.15, 0.2) is 29.1 Å². The Balaban J connectivity index is 2.36. The normalized spacial score (nSPS) is 21.9. The molecule has 0 saturated carbocycles. The fourth-order valence-corrected chi connectivity index (χ4v) is 4.59. The second-order valence-corrected chi connectivity index (χ2v) is 9.31. The fraction of sp³-hybridized carbons (Fsp3) is 0.423. The fourth-order valence-electron chi connectivity index (χ4n) is 4.30. The van der Waals surface area contributed by atoms with Crippen LogP contribution in [0, 0.1) is 23.0 Å². The van der Waals surface area contributed by atoms with Gasteiger partial charge >= 0.3 is 23.9 Å². The molecule has 1 fully saturated rings. The van der Waals surface area contributed by atoms with Crippen LogP contribution in [0.5, 0.6) is 0 Å². The van der Waals surface area contributed by atoms with Gasteiger partial charge in [0.25, 0.3) is 5.56 Å². The van der Waals surface area contributed by atoms with Crippen LogP contribution in [0.2, 0.25) is 0 Å². The molecule has 0 amide bonds. The number of esters is 4. The van der Waals surface area contributed by atoms with E-state index in [-0.39, 0.29) is 16.0 Å². The van der Waals surface area contributed by atoms with Crippen molar-refractivity contribution < 1.29 is 42.9 Å². The van der Waals surface area contributed by atoms with Crippen molar-refractivity contribution in [2.75, 3.05) is 6.61 Å². The summed E-state index contributed by atoms with van der Waals surface area (Å²) in [6, 6.07) is 8.68. The third-order valence-electron chi connectivity index (χ3n) is 5.80. The van der Waals surface area contributed by atoms with Crippen molar-refractivity contribution in [2.45, 2.75) is 65.3 Å². The van der Waals surface area contributed by atoms with Gasteiger partial charge in [-0.2, -0.15) is 5.26 Å². The second-order valence-electron chi connectivity index (χ2n) is 8.92. The maximum Gasteiger partial charge on any atom is 0.303 e. The monoisotopic (exact) mass is 573 g/mol. The smallest absolute Gasteiger partial charge is 0.303 e. The first-order chi connectivity index (χ1) is 18.8. The number of nitrogens with one attached hydrogen (secondary N) is 1. The molecular weight excluding hydrogens is 546 g/mol. The molecule has 0 unspecified atom stereocenters. The van der Waals surface area contributed by atoms with E-state index in [2.05, 4.69) is 4.98 Å². The molecule has 212 valence electrons. The minimum absolute atomic E-state index is 0.0251. The Labute approximate surface area is 233 Å². The maximum atomic E-state index is 12.8. The number of aromatic amines is 1. The van der Waals surface area contributed by atoms with Gasteiger partial charge in [-0.05, 0) is 24.7 Å². The molecule has 14 heteroatoms. The molecule has 1 aromatic heterocycles. The van der Waals surface area contributed by atoms with Crippen molar-refractivity contribution in [3.05, 3.63) is 50.5 Å². The number of ether oxygens (including phenoxy) is 5. The van der Waals surface area contributed by atoms with Crippen LogP contribution in [0.25, 0.3) is 11.3 Å². The highest BCUT2D eigenvalue weighted by molar-refractivity contribution is 7.71. The number of nitrogens with zero attached hydrogens (tertiary/aromatic N) is 2. The summed E-state index contributed by atoms with van der Waals surface area (Å²) in [4.78, 5) is 63.3. The molecule has 3 rings (SSSR count). The number of nitriles is 1. The van der Waals surface area contributed by atoms with E-state index in [4.69, 9.17) is 35.9 Å². The molecule has 1 saturated heterocycles. The third kappa shape index (κ3) is 6.80. The molecule has 1 aromatic carbocycles. The molecule has 1 N–H and O–H groups in total. The van der Waals surface area contributed by atoms with E-state index in [1.54, 1.807) is 24.3 Å². The number of aromatic nitrogens is 2. The number of benzene rings is 1. The first-order valence-corrected chi connectivity index (χ1v) is 12.4. The van der Waals surface area contributed by atoms with Gasteiger partial charge in [0.05, 0.1) is 5.69 Å². The SMILES string of the molecule is CC(=O)OC[C@H]1O[C@@H](n2c(-c3ccc(C)cc3)c(C#N)c(=O)[nH]c2=S)[C@H](OC(C)=O)[C@@H](OC(C)=O)[C@@H]1OC(C)=O. The molecule has 1 aliphatic rings. The van der Waals surface area contributed by atoms with Crippen molar-refractivity contribution in [1.82, 2.24) is 9.55 Å². The Morgan fingerprint density at radius 2 is 1.50 bits per heavy atom. The van der Waals surface area contributed by atoms with Crippen molar-refractivity contribution in [1.29, 1.82) is 5.26 Å². The second kappa shape index (κ2) is 12.7. The van der Waals surface area contributed by atoms with Crippen LogP contribution < -0.4 is 5.56 Å². The maximum absolute atomic E-state index is 12.8. The number of carbonyl (C=O) groups excluding carboxylic acids is 4. The minimum Gasteiger partial charge on any atom is -0.463 e. The largest absolute Gasteiger partial charge is 0.463 e. The molecule has 2 aromatic rings. The van der Waals surface area contributed by atoms with Crippen molar-refractivity contribution in [3.8, 4) is 17.3 Å².